The lowest BCUT2D eigenvalue weighted by atomic mass is 9.96. The molecule has 4 aromatic rings. The Labute approximate surface area is 246 Å². The summed E-state index contributed by atoms with van der Waals surface area (Å²) in [7, 11) is 2.94. The third kappa shape index (κ3) is 5.09. The summed E-state index contributed by atoms with van der Waals surface area (Å²) >= 11 is 1.28. The van der Waals surface area contributed by atoms with Gasteiger partial charge in [0, 0.05) is 17.1 Å². The summed E-state index contributed by atoms with van der Waals surface area (Å²) in [6.45, 7) is 7.68. The van der Waals surface area contributed by atoms with Gasteiger partial charge in [-0.15, -0.1) is 0 Å². The van der Waals surface area contributed by atoms with Crippen molar-refractivity contribution in [2.75, 3.05) is 20.8 Å². The second kappa shape index (κ2) is 11.7. The van der Waals surface area contributed by atoms with Crippen molar-refractivity contribution in [2.45, 2.75) is 33.7 Å². The van der Waals surface area contributed by atoms with E-state index in [1.165, 1.54) is 18.4 Å². The van der Waals surface area contributed by atoms with Crippen molar-refractivity contribution >= 4 is 29.4 Å². The maximum atomic E-state index is 14.0. The number of thiazole rings is 1. The van der Waals surface area contributed by atoms with Gasteiger partial charge in [0.15, 0.2) is 4.80 Å². The molecule has 2 aromatic heterocycles. The van der Waals surface area contributed by atoms with Crippen molar-refractivity contribution in [3.8, 4) is 11.4 Å². The number of allylic oxidation sites excluding steroid dienone is 1. The van der Waals surface area contributed by atoms with Gasteiger partial charge in [-0.3, -0.25) is 9.36 Å². The van der Waals surface area contributed by atoms with Crippen LogP contribution in [0.3, 0.4) is 0 Å². The summed E-state index contributed by atoms with van der Waals surface area (Å²) in [4.78, 5) is 44.1. The van der Waals surface area contributed by atoms with E-state index in [9.17, 15) is 14.4 Å². The first-order valence-corrected chi connectivity index (χ1v) is 14.2. The summed E-state index contributed by atoms with van der Waals surface area (Å²) in [5.41, 5.74) is 5.45. The number of aromatic nitrogens is 2. The van der Waals surface area contributed by atoms with Gasteiger partial charge in [0.2, 0.25) is 0 Å². The van der Waals surface area contributed by atoms with Crippen LogP contribution in [0.15, 0.2) is 75.7 Å². The average Bonchev–Trinajstić information content (AvgIpc) is 3.45. The number of rotatable bonds is 7. The average molecular weight is 586 g/mol. The molecule has 0 radical (unpaired) electrons. The highest BCUT2D eigenvalue weighted by atomic mass is 32.1. The molecular formula is C32H31N3O6S. The highest BCUT2D eigenvalue weighted by Crippen LogP contribution is 2.31. The van der Waals surface area contributed by atoms with Crippen molar-refractivity contribution < 1.29 is 23.8 Å². The lowest BCUT2D eigenvalue weighted by molar-refractivity contribution is -0.139. The van der Waals surface area contributed by atoms with Crippen LogP contribution in [-0.2, 0) is 14.3 Å². The molecule has 1 aliphatic heterocycles. The molecule has 2 aromatic carbocycles. The van der Waals surface area contributed by atoms with E-state index in [-0.39, 0.29) is 12.2 Å². The molecule has 0 N–H and O–H groups in total. The Morgan fingerprint density at radius 3 is 2.31 bits per heavy atom. The summed E-state index contributed by atoms with van der Waals surface area (Å²) in [5.74, 6) is -0.233. The minimum Gasteiger partial charge on any atom is -0.497 e. The molecule has 0 bridgehead atoms. The topological polar surface area (TPSA) is 101 Å². The Hall–Kier alpha value is -4.70. The Bertz CT molecular complexity index is 1890. The number of esters is 2. The Morgan fingerprint density at radius 2 is 1.69 bits per heavy atom. The lowest BCUT2D eigenvalue weighted by Gasteiger charge is -2.24. The van der Waals surface area contributed by atoms with Gasteiger partial charge in [-0.2, -0.15) is 0 Å². The maximum absolute atomic E-state index is 14.0. The first kappa shape index (κ1) is 28.8. The predicted octanol–water partition coefficient (Wildman–Crippen LogP) is 4.00. The van der Waals surface area contributed by atoms with E-state index >= 15 is 0 Å². The van der Waals surface area contributed by atoms with Crippen LogP contribution in [0.25, 0.3) is 11.8 Å². The molecule has 10 heteroatoms. The first-order chi connectivity index (χ1) is 20.2. The van der Waals surface area contributed by atoms with Gasteiger partial charge in [0.1, 0.15) is 5.75 Å². The Balaban J connectivity index is 1.63. The minimum atomic E-state index is -0.700. The van der Waals surface area contributed by atoms with Crippen molar-refractivity contribution in [3.63, 3.8) is 0 Å². The lowest BCUT2D eigenvalue weighted by Crippen LogP contribution is -2.39. The number of carbonyl (C=O) groups is 2. The number of nitrogens with zero attached hydrogens (tertiary/aromatic N) is 3. The van der Waals surface area contributed by atoms with E-state index in [0.29, 0.717) is 31.9 Å². The SMILES string of the molecule is CCOC(=O)C1=C(C)N=c2s/c(=C/c3cc(C)n(-c4ccc(C(=O)OC)cc4)c3C)c(=O)n2[C@@H]1c1ccc(OC)cc1. The van der Waals surface area contributed by atoms with E-state index in [0.717, 1.165) is 28.2 Å². The number of ether oxygens (including phenoxy) is 3. The first-order valence-electron chi connectivity index (χ1n) is 13.4. The quantitative estimate of drug-likeness (QED) is 0.304. The molecule has 0 aliphatic carbocycles. The van der Waals surface area contributed by atoms with Crippen LogP contribution < -0.4 is 19.6 Å². The molecular weight excluding hydrogens is 554 g/mol. The molecule has 3 heterocycles. The molecule has 0 fully saturated rings. The third-order valence-electron chi connectivity index (χ3n) is 7.25. The van der Waals surface area contributed by atoms with E-state index in [4.69, 9.17) is 14.2 Å². The van der Waals surface area contributed by atoms with Crippen LogP contribution in [0, 0.1) is 13.8 Å². The Kier molecular flexibility index (Phi) is 8.00. The predicted molar refractivity (Wildman–Crippen MR) is 160 cm³/mol. The summed E-state index contributed by atoms with van der Waals surface area (Å²) in [6, 6.07) is 15.8. The van der Waals surface area contributed by atoms with E-state index in [1.54, 1.807) is 49.8 Å². The van der Waals surface area contributed by atoms with Crippen molar-refractivity contribution in [2.24, 2.45) is 4.99 Å². The molecule has 0 saturated carbocycles. The van der Waals surface area contributed by atoms with Crippen molar-refractivity contribution in [1.29, 1.82) is 0 Å². The molecule has 0 saturated heterocycles. The van der Waals surface area contributed by atoms with Crippen LogP contribution in [0.1, 0.15) is 52.8 Å². The zero-order valence-corrected chi connectivity index (χ0v) is 25.1. The van der Waals surface area contributed by atoms with Crippen LogP contribution in [0.2, 0.25) is 0 Å². The van der Waals surface area contributed by atoms with Gasteiger partial charge >= 0.3 is 11.9 Å². The second-order valence-electron chi connectivity index (χ2n) is 9.78. The number of hydrogen-bond donors (Lipinski definition) is 0. The number of carbonyl (C=O) groups excluding carboxylic acids is 2. The van der Waals surface area contributed by atoms with E-state index < -0.39 is 18.0 Å². The summed E-state index contributed by atoms with van der Waals surface area (Å²) in [6.07, 6.45) is 1.86. The van der Waals surface area contributed by atoms with E-state index in [1.807, 2.05) is 50.3 Å². The largest absolute Gasteiger partial charge is 0.497 e. The monoisotopic (exact) mass is 585 g/mol. The maximum Gasteiger partial charge on any atom is 0.338 e. The van der Waals surface area contributed by atoms with Crippen LogP contribution in [-0.4, -0.2) is 41.9 Å². The van der Waals surface area contributed by atoms with Crippen LogP contribution in [0.5, 0.6) is 5.75 Å². The molecule has 9 nitrogen and oxygen atoms in total. The minimum absolute atomic E-state index is 0.205. The molecule has 0 spiro atoms. The molecule has 42 heavy (non-hydrogen) atoms. The fourth-order valence-corrected chi connectivity index (χ4v) is 6.27. The highest BCUT2D eigenvalue weighted by Gasteiger charge is 2.33. The van der Waals surface area contributed by atoms with Crippen LogP contribution in [0.4, 0.5) is 0 Å². The zero-order chi connectivity index (χ0) is 30.1. The van der Waals surface area contributed by atoms with Crippen molar-refractivity contribution in [3.05, 3.63) is 114 Å². The molecule has 1 atom stereocenters. The fraction of sp³-hybridized carbons (Fsp3) is 0.250. The fourth-order valence-electron chi connectivity index (χ4n) is 5.23. The number of aryl methyl sites for hydroxylation is 1. The number of fused-ring (bicyclic) bond motifs is 1. The molecule has 0 amide bonds. The molecule has 216 valence electrons. The van der Waals surface area contributed by atoms with Gasteiger partial charge in [-0.25, -0.2) is 14.6 Å². The molecule has 0 unspecified atom stereocenters. The van der Waals surface area contributed by atoms with Crippen LogP contribution >= 0.6 is 11.3 Å². The third-order valence-corrected chi connectivity index (χ3v) is 8.23. The van der Waals surface area contributed by atoms with Gasteiger partial charge in [-0.1, -0.05) is 23.5 Å². The summed E-state index contributed by atoms with van der Waals surface area (Å²) in [5, 5.41) is 0. The normalized spacial score (nSPS) is 14.8. The van der Waals surface area contributed by atoms with Gasteiger partial charge in [-0.05, 0) is 87.4 Å². The summed E-state index contributed by atoms with van der Waals surface area (Å²) < 4.78 is 19.6. The van der Waals surface area contributed by atoms with E-state index in [2.05, 4.69) is 9.56 Å². The van der Waals surface area contributed by atoms with Gasteiger partial charge in [0.25, 0.3) is 5.56 Å². The van der Waals surface area contributed by atoms with Crippen molar-refractivity contribution in [1.82, 2.24) is 9.13 Å². The smallest absolute Gasteiger partial charge is 0.338 e. The number of hydrogen-bond acceptors (Lipinski definition) is 8. The van der Waals surface area contributed by atoms with Gasteiger partial charge in [0.05, 0.1) is 48.2 Å². The number of methoxy groups -OCH3 is 2. The Morgan fingerprint density at radius 1 is 1.00 bits per heavy atom. The zero-order valence-electron chi connectivity index (χ0n) is 24.3. The molecule has 5 rings (SSSR count). The number of benzene rings is 2. The van der Waals surface area contributed by atoms with Gasteiger partial charge < -0.3 is 18.8 Å². The highest BCUT2D eigenvalue weighted by molar-refractivity contribution is 7.07. The second-order valence-corrected chi connectivity index (χ2v) is 10.8. The standard InChI is InChI=1S/C32H31N3O6S/c1-7-41-31(38)27-19(3)33-32-35(28(27)21-10-14-25(39-5)15-11-21)29(36)26(42-32)17-23-16-18(2)34(20(23)4)24-12-8-22(9-13-24)30(37)40-6/h8-17,28H,7H2,1-6H3/b26-17+/t28-/m1/s1. The molecule has 1 aliphatic rings.